The summed E-state index contributed by atoms with van der Waals surface area (Å²) in [6, 6.07) is 3.16. The number of nitrogens with one attached hydrogen (secondary N) is 1. The van der Waals surface area contributed by atoms with Crippen molar-refractivity contribution >= 4 is 23.3 Å². The number of methoxy groups -OCH3 is 1. The van der Waals surface area contributed by atoms with Crippen LogP contribution in [0.15, 0.2) is 12.1 Å². The molecular weight excluding hydrogens is 287 g/mol. The van der Waals surface area contributed by atoms with E-state index in [4.69, 9.17) is 17.0 Å². The van der Waals surface area contributed by atoms with E-state index in [9.17, 15) is 4.39 Å². The van der Waals surface area contributed by atoms with E-state index in [0.717, 1.165) is 24.0 Å². The largest absolute Gasteiger partial charge is 0.494 e. The summed E-state index contributed by atoms with van der Waals surface area (Å²) < 4.78 is 21.4. The van der Waals surface area contributed by atoms with Crippen LogP contribution < -0.4 is 4.74 Å². The number of aromatic nitrogens is 2. The summed E-state index contributed by atoms with van der Waals surface area (Å²) in [4.78, 5) is 3.06. The van der Waals surface area contributed by atoms with Crippen LogP contribution in [0, 0.1) is 10.6 Å². The van der Waals surface area contributed by atoms with Crippen LogP contribution in [0.2, 0.25) is 0 Å². The molecule has 5 heteroatoms. The first kappa shape index (κ1) is 16.0. The van der Waals surface area contributed by atoms with Crippen LogP contribution in [0.5, 0.6) is 5.75 Å². The number of hydrogen-bond donors (Lipinski definition) is 1. The van der Waals surface area contributed by atoms with E-state index in [1.165, 1.54) is 45.3 Å². The highest BCUT2D eigenvalue weighted by Crippen LogP contribution is 2.25. The van der Waals surface area contributed by atoms with Crippen LogP contribution in [0.4, 0.5) is 4.39 Å². The van der Waals surface area contributed by atoms with Gasteiger partial charge in [-0.1, -0.05) is 39.0 Å². The number of unbranched alkanes of at least 4 members (excludes halogenated alkanes) is 5. The molecule has 2 rings (SSSR count). The first-order valence-corrected chi connectivity index (χ1v) is 8.04. The zero-order chi connectivity index (χ0) is 15.2. The predicted molar refractivity (Wildman–Crippen MR) is 87.0 cm³/mol. The molecule has 0 saturated heterocycles. The Hall–Kier alpha value is -1.36. The van der Waals surface area contributed by atoms with Crippen LogP contribution in [-0.2, 0) is 6.54 Å². The number of nitrogens with zero attached hydrogens (tertiary/aromatic N) is 1. The van der Waals surface area contributed by atoms with Crippen molar-refractivity contribution in [2.24, 2.45) is 0 Å². The lowest BCUT2D eigenvalue weighted by molar-refractivity contribution is 0.387. The maximum absolute atomic E-state index is 13.7. The molecule has 1 heterocycles. The first-order chi connectivity index (χ1) is 10.2. The second-order valence-electron chi connectivity index (χ2n) is 5.35. The van der Waals surface area contributed by atoms with Gasteiger partial charge in [0.05, 0.1) is 18.1 Å². The smallest absolute Gasteiger partial charge is 0.178 e. The third kappa shape index (κ3) is 3.84. The number of rotatable bonds is 8. The Morgan fingerprint density at radius 2 is 1.90 bits per heavy atom. The quantitative estimate of drug-likeness (QED) is 0.536. The van der Waals surface area contributed by atoms with Gasteiger partial charge in [-0.25, -0.2) is 4.39 Å². The first-order valence-electron chi connectivity index (χ1n) is 7.63. The number of H-pyrrole nitrogens is 1. The van der Waals surface area contributed by atoms with Gasteiger partial charge in [0.1, 0.15) is 0 Å². The number of fused-ring (bicyclic) bond motifs is 1. The molecular formula is C16H23FN2OS. The van der Waals surface area contributed by atoms with Crippen LogP contribution in [-0.4, -0.2) is 16.7 Å². The van der Waals surface area contributed by atoms with Gasteiger partial charge in [0.15, 0.2) is 16.3 Å². The van der Waals surface area contributed by atoms with Crippen molar-refractivity contribution in [1.29, 1.82) is 0 Å². The average molecular weight is 310 g/mol. The molecule has 116 valence electrons. The summed E-state index contributed by atoms with van der Waals surface area (Å²) in [5.74, 6) is -0.110. The highest BCUT2D eigenvalue weighted by molar-refractivity contribution is 7.71. The Bertz CT molecular complexity index is 647. The van der Waals surface area contributed by atoms with Crippen LogP contribution in [0.1, 0.15) is 45.4 Å². The number of ether oxygens (including phenoxy) is 1. The second kappa shape index (κ2) is 7.59. The van der Waals surface area contributed by atoms with Crippen molar-refractivity contribution in [1.82, 2.24) is 9.55 Å². The number of aryl methyl sites for hydroxylation is 1. The maximum atomic E-state index is 13.7. The van der Waals surface area contributed by atoms with E-state index < -0.39 is 0 Å². The van der Waals surface area contributed by atoms with Crippen molar-refractivity contribution in [2.75, 3.05) is 7.11 Å². The molecule has 0 fully saturated rings. The molecule has 0 bridgehead atoms. The van der Waals surface area contributed by atoms with Gasteiger partial charge >= 0.3 is 0 Å². The fraction of sp³-hybridized carbons (Fsp3) is 0.562. The average Bonchev–Trinajstić information content (AvgIpc) is 2.76. The molecule has 1 N–H and O–H groups in total. The lowest BCUT2D eigenvalue weighted by Gasteiger charge is -2.06. The molecule has 0 aliphatic rings. The van der Waals surface area contributed by atoms with Crippen molar-refractivity contribution < 1.29 is 9.13 Å². The fourth-order valence-corrected chi connectivity index (χ4v) is 2.89. The van der Waals surface area contributed by atoms with Gasteiger partial charge in [-0.05, 0) is 18.6 Å². The Morgan fingerprint density at radius 3 is 2.62 bits per heavy atom. The molecule has 1 aromatic carbocycles. The third-order valence-corrected chi connectivity index (χ3v) is 4.11. The minimum atomic E-state index is -0.368. The van der Waals surface area contributed by atoms with Gasteiger partial charge < -0.3 is 14.3 Å². The molecule has 0 radical (unpaired) electrons. The van der Waals surface area contributed by atoms with E-state index in [1.807, 2.05) is 4.57 Å². The number of imidazole rings is 1. The number of halogens is 1. The van der Waals surface area contributed by atoms with Crippen molar-refractivity contribution in [3.63, 3.8) is 0 Å². The lowest BCUT2D eigenvalue weighted by Crippen LogP contribution is -1.98. The summed E-state index contributed by atoms with van der Waals surface area (Å²) in [6.45, 7) is 3.08. The second-order valence-corrected chi connectivity index (χ2v) is 5.74. The lowest BCUT2D eigenvalue weighted by atomic mass is 10.1. The normalized spacial score (nSPS) is 11.2. The topological polar surface area (TPSA) is 29.9 Å². The highest BCUT2D eigenvalue weighted by Gasteiger charge is 2.10. The molecule has 0 spiro atoms. The van der Waals surface area contributed by atoms with Gasteiger partial charge in [-0.15, -0.1) is 0 Å². The number of benzene rings is 1. The molecule has 3 nitrogen and oxygen atoms in total. The van der Waals surface area contributed by atoms with Crippen molar-refractivity contribution in [3.05, 3.63) is 22.7 Å². The highest BCUT2D eigenvalue weighted by atomic mass is 32.1. The summed E-state index contributed by atoms with van der Waals surface area (Å²) in [7, 11) is 1.48. The fourth-order valence-electron chi connectivity index (χ4n) is 2.59. The van der Waals surface area contributed by atoms with Gasteiger partial charge in [0.25, 0.3) is 0 Å². The summed E-state index contributed by atoms with van der Waals surface area (Å²) in [6.07, 6.45) is 7.43. The van der Waals surface area contributed by atoms with E-state index >= 15 is 0 Å². The molecule has 0 saturated carbocycles. The standard InChI is InChI=1S/C16H23FN2OS/c1-3-4-5-6-7-8-9-19-14-11-15(20-2)12(17)10-13(14)18-16(19)21/h10-11H,3-9H2,1-2H3,(H,18,21). The zero-order valence-electron chi connectivity index (χ0n) is 12.7. The van der Waals surface area contributed by atoms with Gasteiger partial charge in [0, 0.05) is 18.7 Å². The Labute approximate surface area is 130 Å². The Kier molecular flexibility index (Phi) is 5.79. The summed E-state index contributed by atoms with van der Waals surface area (Å²) in [5.41, 5.74) is 1.64. The monoisotopic (exact) mass is 310 g/mol. The van der Waals surface area contributed by atoms with E-state index in [0.29, 0.717) is 4.77 Å². The van der Waals surface area contributed by atoms with E-state index in [-0.39, 0.29) is 11.6 Å². The Morgan fingerprint density at radius 1 is 1.19 bits per heavy atom. The molecule has 2 aromatic rings. The summed E-state index contributed by atoms with van der Waals surface area (Å²) in [5, 5.41) is 0. The Balaban J connectivity index is 2.08. The minimum absolute atomic E-state index is 0.258. The van der Waals surface area contributed by atoms with Crippen LogP contribution >= 0.6 is 12.2 Å². The predicted octanol–water partition coefficient (Wildman–Crippen LogP) is 5.21. The minimum Gasteiger partial charge on any atom is -0.494 e. The van der Waals surface area contributed by atoms with Crippen molar-refractivity contribution in [3.8, 4) is 5.75 Å². The van der Waals surface area contributed by atoms with Gasteiger partial charge in [-0.3, -0.25) is 0 Å². The molecule has 0 unspecified atom stereocenters. The molecule has 21 heavy (non-hydrogen) atoms. The molecule has 0 amide bonds. The van der Waals surface area contributed by atoms with E-state index in [1.54, 1.807) is 6.07 Å². The molecule has 0 atom stereocenters. The molecule has 0 aliphatic heterocycles. The molecule has 0 aliphatic carbocycles. The number of hydrogen-bond acceptors (Lipinski definition) is 2. The molecule has 1 aromatic heterocycles. The third-order valence-electron chi connectivity index (χ3n) is 3.78. The maximum Gasteiger partial charge on any atom is 0.178 e. The summed E-state index contributed by atoms with van der Waals surface area (Å²) >= 11 is 5.34. The van der Waals surface area contributed by atoms with E-state index in [2.05, 4.69) is 11.9 Å². The van der Waals surface area contributed by atoms with Crippen molar-refractivity contribution in [2.45, 2.75) is 52.0 Å². The van der Waals surface area contributed by atoms with Crippen LogP contribution in [0.3, 0.4) is 0 Å². The SMILES string of the molecule is CCCCCCCCn1c(=S)[nH]c2cc(F)c(OC)cc21. The van der Waals surface area contributed by atoms with Gasteiger partial charge in [0.2, 0.25) is 0 Å². The number of aromatic amines is 1. The zero-order valence-corrected chi connectivity index (χ0v) is 13.6. The van der Waals surface area contributed by atoms with Crippen LogP contribution in [0.25, 0.3) is 11.0 Å². The van der Waals surface area contributed by atoms with Gasteiger partial charge in [-0.2, -0.15) is 0 Å².